The number of likely N-dealkylation sites (tertiary alicyclic amines) is 1. The van der Waals surface area contributed by atoms with Gasteiger partial charge in [0.05, 0.1) is 13.1 Å². The zero-order chi connectivity index (χ0) is 13.7. The van der Waals surface area contributed by atoms with E-state index in [-0.39, 0.29) is 0 Å². The maximum absolute atomic E-state index is 5.83. The zero-order valence-electron chi connectivity index (χ0n) is 12.5. The molecule has 1 aromatic heterocycles. The molecule has 4 heteroatoms. The second kappa shape index (κ2) is 7.08. The summed E-state index contributed by atoms with van der Waals surface area (Å²) in [5.74, 6) is 2.92. The molecule has 0 amide bonds. The van der Waals surface area contributed by atoms with Crippen molar-refractivity contribution in [2.24, 2.45) is 5.92 Å². The Kier molecular flexibility index (Phi) is 5.43. The van der Waals surface area contributed by atoms with Crippen molar-refractivity contribution in [3.63, 3.8) is 0 Å². The number of nitrogens with one attached hydrogen (secondary N) is 1. The van der Waals surface area contributed by atoms with Crippen molar-refractivity contribution >= 4 is 0 Å². The normalized spacial score (nSPS) is 20.5. The first-order chi connectivity index (χ1) is 9.17. The van der Waals surface area contributed by atoms with Crippen molar-refractivity contribution in [2.75, 3.05) is 40.3 Å². The summed E-state index contributed by atoms with van der Waals surface area (Å²) in [4.78, 5) is 4.79. The fourth-order valence-corrected chi connectivity index (χ4v) is 2.80. The molecule has 2 rings (SSSR count). The van der Waals surface area contributed by atoms with Crippen LogP contribution in [0.2, 0.25) is 0 Å². The van der Waals surface area contributed by atoms with Gasteiger partial charge in [-0.15, -0.1) is 0 Å². The Labute approximate surface area is 116 Å². The predicted molar refractivity (Wildman–Crippen MR) is 78.0 cm³/mol. The summed E-state index contributed by atoms with van der Waals surface area (Å²) in [5.41, 5.74) is 0. The maximum Gasteiger partial charge on any atom is 0.118 e. The molecule has 1 fully saturated rings. The molecular formula is C15H27N3O. The molecule has 0 aromatic carbocycles. The minimum Gasteiger partial charge on any atom is -0.463 e. The highest BCUT2D eigenvalue weighted by atomic mass is 16.3. The van der Waals surface area contributed by atoms with Crippen LogP contribution >= 0.6 is 0 Å². The molecule has 0 bridgehead atoms. The van der Waals surface area contributed by atoms with Crippen LogP contribution in [-0.4, -0.2) is 50.1 Å². The predicted octanol–water partition coefficient (Wildman–Crippen LogP) is 1.77. The lowest BCUT2D eigenvalue weighted by atomic mass is 10.1. The van der Waals surface area contributed by atoms with Crippen LogP contribution in [0.1, 0.15) is 24.9 Å². The van der Waals surface area contributed by atoms with Gasteiger partial charge in [-0.1, -0.05) is 6.92 Å². The lowest BCUT2D eigenvalue weighted by Crippen LogP contribution is -2.26. The molecule has 0 aliphatic carbocycles. The summed E-state index contributed by atoms with van der Waals surface area (Å²) in [7, 11) is 4.39. The Hall–Kier alpha value is -0.840. The smallest absolute Gasteiger partial charge is 0.118 e. The summed E-state index contributed by atoms with van der Waals surface area (Å²) in [5, 5.41) is 3.28. The van der Waals surface area contributed by atoms with Gasteiger partial charge in [-0.25, -0.2) is 0 Å². The summed E-state index contributed by atoms with van der Waals surface area (Å²) in [6.07, 6.45) is 1.32. The van der Waals surface area contributed by atoms with Gasteiger partial charge in [0.2, 0.25) is 0 Å². The van der Waals surface area contributed by atoms with Gasteiger partial charge < -0.3 is 14.6 Å². The van der Waals surface area contributed by atoms with E-state index < -0.39 is 0 Å². The lowest BCUT2D eigenvalue weighted by molar-refractivity contribution is 0.246. The number of furan rings is 1. The number of nitrogens with zero attached hydrogens (tertiary/aromatic N) is 2. The Morgan fingerprint density at radius 2 is 2.21 bits per heavy atom. The molecule has 4 nitrogen and oxygen atoms in total. The Morgan fingerprint density at radius 1 is 1.42 bits per heavy atom. The van der Waals surface area contributed by atoms with Crippen LogP contribution < -0.4 is 5.32 Å². The summed E-state index contributed by atoms with van der Waals surface area (Å²) in [6.45, 7) is 8.45. The van der Waals surface area contributed by atoms with E-state index in [0.29, 0.717) is 0 Å². The van der Waals surface area contributed by atoms with E-state index in [1.54, 1.807) is 0 Å². The molecule has 2 heterocycles. The fourth-order valence-electron chi connectivity index (χ4n) is 2.80. The van der Waals surface area contributed by atoms with E-state index in [1.807, 2.05) is 0 Å². The van der Waals surface area contributed by atoms with Crippen LogP contribution in [0.5, 0.6) is 0 Å². The van der Waals surface area contributed by atoms with Crippen molar-refractivity contribution in [2.45, 2.75) is 26.4 Å². The van der Waals surface area contributed by atoms with E-state index in [9.17, 15) is 0 Å². The van der Waals surface area contributed by atoms with Gasteiger partial charge >= 0.3 is 0 Å². The second-order valence-electron chi connectivity index (χ2n) is 5.76. The van der Waals surface area contributed by atoms with Gasteiger partial charge in [0.1, 0.15) is 11.5 Å². The molecule has 1 aromatic rings. The van der Waals surface area contributed by atoms with Crippen molar-refractivity contribution in [3.8, 4) is 0 Å². The van der Waals surface area contributed by atoms with Crippen LogP contribution in [0, 0.1) is 5.92 Å². The van der Waals surface area contributed by atoms with Crippen LogP contribution in [0.3, 0.4) is 0 Å². The molecule has 0 radical (unpaired) electrons. The highest BCUT2D eigenvalue weighted by molar-refractivity contribution is 5.07. The molecule has 108 valence electrons. The molecular weight excluding hydrogens is 238 g/mol. The third kappa shape index (κ3) is 4.64. The third-order valence-corrected chi connectivity index (χ3v) is 3.75. The second-order valence-corrected chi connectivity index (χ2v) is 5.76. The molecule has 1 atom stereocenters. The minimum atomic E-state index is 0.811. The van der Waals surface area contributed by atoms with Gasteiger partial charge in [0, 0.05) is 13.1 Å². The van der Waals surface area contributed by atoms with Gasteiger partial charge in [-0.3, -0.25) is 4.90 Å². The number of rotatable bonds is 7. The van der Waals surface area contributed by atoms with Gasteiger partial charge in [0.25, 0.3) is 0 Å². The van der Waals surface area contributed by atoms with E-state index >= 15 is 0 Å². The van der Waals surface area contributed by atoms with E-state index in [1.165, 1.54) is 19.5 Å². The maximum atomic E-state index is 5.83. The van der Waals surface area contributed by atoms with Crippen LogP contribution in [0.25, 0.3) is 0 Å². The lowest BCUT2D eigenvalue weighted by Gasteiger charge is -2.19. The van der Waals surface area contributed by atoms with Crippen LogP contribution in [0.4, 0.5) is 0 Å². The van der Waals surface area contributed by atoms with E-state index in [4.69, 9.17) is 4.42 Å². The monoisotopic (exact) mass is 265 g/mol. The Morgan fingerprint density at radius 3 is 2.89 bits per heavy atom. The molecule has 1 aliphatic heterocycles. The third-order valence-electron chi connectivity index (χ3n) is 3.75. The summed E-state index contributed by atoms with van der Waals surface area (Å²) < 4.78 is 5.83. The van der Waals surface area contributed by atoms with Crippen molar-refractivity contribution in [1.82, 2.24) is 15.1 Å². The van der Waals surface area contributed by atoms with Gasteiger partial charge in [-0.05, 0) is 51.7 Å². The van der Waals surface area contributed by atoms with E-state index in [0.717, 1.165) is 43.6 Å². The molecule has 1 aliphatic rings. The molecule has 1 N–H and O–H groups in total. The highest BCUT2D eigenvalue weighted by Crippen LogP contribution is 2.17. The molecule has 1 unspecified atom stereocenters. The zero-order valence-corrected chi connectivity index (χ0v) is 12.5. The largest absolute Gasteiger partial charge is 0.463 e. The van der Waals surface area contributed by atoms with Crippen molar-refractivity contribution in [1.29, 1.82) is 0 Å². The van der Waals surface area contributed by atoms with Crippen molar-refractivity contribution < 1.29 is 4.42 Å². The average molecular weight is 265 g/mol. The topological polar surface area (TPSA) is 31.6 Å². The van der Waals surface area contributed by atoms with Crippen molar-refractivity contribution in [3.05, 3.63) is 23.7 Å². The Balaban J connectivity index is 1.75. The van der Waals surface area contributed by atoms with Crippen LogP contribution in [0.15, 0.2) is 16.5 Å². The molecule has 0 spiro atoms. The molecule has 0 saturated carbocycles. The number of hydrogen-bond acceptors (Lipinski definition) is 4. The minimum absolute atomic E-state index is 0.811. The summed E-state index contributed by atoms with van der Waals surface area (Å²) >= 11 is 0. The first-order valence-electron chi connectivity index (χ1n) is 7.32. The van der Waals surface area contributed by atoms with E-state index in [2.05, 4.69) is 48.3 Å². The first-order valence-corrected chi connectivity index (χ1v) is 7.32. The molecule has 1 saturated heterocycles. The quantitative estimate of drug-likeness (QED) is 0.814. The fraction of sp³-hybridized carbons (Fsp3) is 0.733. The first kappa shape index (κ1) is 14.6. The SMILES string of the molecule is CCNCc1ccc(CN(C)CC2CCN(C)C2)o1. The van der Waals surface area contributed by atoms with Gasteiger partial charge in [-0.2, -0.15) is 0 Å². The standard InChI is InChI=1S/C15H27N3O/c1-4-16-9-14-5-6-15(19-14)12-18(3)11-13-7-8-17(2)10-13/h5-6,13,16H,4,7-12H2,1-3H3. The van der Waals surface area contributed by atoms with Crippen LogP contribution in [-0.2, 0) is 13.1 Å². The summed E-state index contributed by atoms with van der Waals surface area (Å²) in [6, 6.07) is 4.18. The Bertz CT molecular complexity index is 377. The number of hydrogen-bond donors (Lipinski definition) is 1. The molecule has 19 heavy (non-hydrogen) atoms. The van der Waals surface area contributed by atoms with Gasteiger partial charge in [0.15, 0.2) is 0 Å². The highest BCUT2D eigenvalue weighted by Gasteiger charge is 2.20. The average Bonchev–Trinajstić information content (AvgIpc) is 2.96.